The van der Waals surface area contributed by atoms with Crippen LogP contribution in [0.25, 0.3) is 0 Å². The van der Waals surface area contributed by atoms with Crippen molar-refractivity contribution in [2.75, 3.05) is 25.3 Å². The summed E-state index contributed by atoms with van der Waals surface area (Å²) in [7, 11) is -10.6. The Hall–Kier alpha value is -1.58. The third kappa shape index (κ3) is 14.0. The van der Waals surface area contributed by atoms with Crippen LogP contribution in [-0.4, -0.2) is 67.9 Å². The van der Waals surface area contributed by atoms with Crippen LogP contribution in [-0.2, 0) is 42.9 Å². The lowest BCUT2D eigenvalue weighted by Gasteiger charge is -2.26. The molecule has 2 aromatic rings. The van der Waals surface area contributed by atoms with Crippen LogP contribution in [0.1, 0.15) is 43.7 Å². The number of halogens is 1. The van der Waals surface area contributed by atoms with E-state index in [-0.39, 0.29) is 28.9 Å². The molecule has 0 saturated heterocycles. The van der Waals surface area contributed by atoms with Gasteiger partial charge >= 0.3 is 0 Å². The van der Waals surface area contributed by atoms with E-state index in [0.29, 0.717) is 12.8 Å². The smallest absolute Gasteiger partial charge is 0.297 e. The van der Waals surface area contributed by atoms with E-state index in [2.05, 4.69) is 8.37 Å². The molecule has 2 atom stereocenters. The van der Waals surface area contributed by atoms with Crippen molar-refractivity contribution in [3.05, 3.63) is 59.7 Å². The van der Waals surface area contributed by atoms with Gasteiger partial charge in [0.25, 0.3) is 30.4 Å². The fourth-order valence-corrected chi connectivity index (χ4v) is 5.82. The standard InChI is InChI=1S/C13H18O4S.C9H12O3S.C3H7ClO3S/c1-10-6-8-11(9-7-10)18(15,16)17-13-5-3-2-4-12(13)14;1-3-12-13(10,11)9-6-4-8(2)5-7-9;1-8(5,6)7-3-2-4/h6-9,12-14H,2-5H2,1H3;4-7H,3H2,1-2H3;2-3H2,1H3/t12-,13-;;/m1../s1. The van der Waals surface area contributed by atoms with Crippen molar-refractivity contribution in [3.8, 4) is 0 Å². The molecule has 0 unspecified atom stereocenters. The summed E-state index contributed by atoms with van der Waals surface area (Å²) in [6.45, 7) is 5.65. The van der Waals surface area contributed by atoms with Gasteiger partial charge in [-0.3, -0.25) is 12.5 Å². The molecule has 10 nitrogen and oxygen atoms in total. The highest BCUT2D eigenvalue weighted by Crippen LogP contribution is 2.25. The summed E-state index contributed by atoms with van der Waals surface area (Å²) in [5.74, 6) is 0.201. The third-order valence-corrected chi connectivity index (χ3v) is 8.68. The number of benzene rings is 2. The SMILES string of the molecule is CCOS(=O)(=O)c1ccc(C)cc1.CS(=O)(=O)OCCCl.Cc1ccc(S(=O)(=O)O[C@@H]2CCCC[C@H]2O)cc1. The van der Waals surface area contributed by atoms with Crippen molar-refractivity contribution in [1.82, 2.24) is 0 Å². The summed E-state index contributed by atoms with van der Waals surface area (Å²) >= 11 is 5.12. The summed E-state index contributed by atoms with van der Waals surface area (Å²) < 4.78 is 80.9. The minimum Gasteiger partial charge on any atom is -0.390 e. The molecule has 1 aliphatic carbocycles. The highest BCUT2D eigenvalue weighted by molar-refractivity contribution is 7.87. The largest absolute Gasteiger partial charge is 0.390 e. The molecule has 0 amide bonds. The van der Waals surface area contributed by atoms with E-state index < -0.39 is 42.6 Å². The lowest BCUT2D eigenvalue weighted by atomic mass is 9.95. The predicted octanol–water partition coefficient (Wildman–Crippen LogP) is 3.93. The van der Waals surface area contributed by atoms with Gasteiger partial charge in [0.05, 0.1) is 35.4 Å². The Morgan fingerprint density at radius 2 is 1.26 bits per heavy atom. The van der Waals surface area contributed by atoms with Gasteiger partial charge in [0.1, 0.15) is 6.10 Å². The summed E-state index contributed by atoms with van der Waals surface area (Å²) in [4.78, 5) is 0.353. The van der Waals surface area contributed by atoms with Crippen LogP contribution in [0.5, 0.6) is 0 Å². The molecule has 0 heterocycles. The van der Waals surface area contributed by atoms with E-state index in [1.165, 1.54) is 12.1 Å². The molecule has 1 fully saturated rings. The Morgan fingerprint density at radius 1 is 0.795 bits per heavy atom. The molecule has 0 bridgehead atoms. The molecule has 0 aromatic heterocycles. The van der Waals surface area contributed by atoms with Gasteiger partial charge in [-0.15, -0.1) is 11.6 Å². The monoisotopic (exact) mass is 628 g/mol. The number of hydrogen-bond donors (Lipinski definition) is 1. The number of aliphatic hydroxyl groups excluding tert-OH is 1. The van der Waals surface area contributed by atoms with Crippen molar-refractivity contribution < 1.29 is 42.9 Å². The second-order valence-electron chi connectivity index (χ2n) is 8.64. The zero-order valence-electron chi connectivity index (χ0n) is 22.4. The molecule has 1 N–H and O–H groups in total. The second-order valence-corrected chi connectivity index (χ2v) is 13.9. The van der Waals surface area contributed by atoms with Crippen LogP contribution in [0.3, 0.4) is 0 Å². The Labute approximate surface area is 237 Å². The van der Waals surface area contributed by atoms with Crippen LogP contribution in [0.4, 0.5) is 0 Å². The van der Waals surface area contributed by atoms with Gasteiger partial charge in [-0.25, -0.2) is 0 Å². The van der Waals surface area contributed by atoms with Gasteiger partial charge < -0.3 is 5.11 Å². The van der Waals surface area contributed by atoms with Gasteiger partial charge in [-0.1, -0.05) is 48.2 Å². The third-order valence-electron chi connectivity index (χ3n) is 5.18. The average molecular weight is 629 g/mol. The van der Waals surface area contributed by atoms with E-state index >= 15 is 0 Å². The fourth-order valence-electron chi connectivity index (χ4n) is 3.22. The minimum absolute atomic E-state index is 0.0559. The second kappa shape index (κ2) is 16.6. The molecule has 0 aliphatic heterocycles. The molecular weight excluding hydrogens is 592 g/mol. The maximum Gasteiger partial charge on any atom is 0.297 e. The van der Waals surface area contributed by atoms with Crippen molar-refractivity contribution >= 4 is 42.0 Å². The Morgan fingerprint density at radius 3 is 1.64 bits per heavy atom. The van der Waals surface area contributed by atoms with Gasteiger partial charge in [-0.2, -0.15) is 25.3 Å². The Bertz CT molecular complexity index is 1310. The molecule has 39 heavy (non-hydrogen) atoms. The fraction of sp³-hybridized carbons (Fsp3) is 0.520. The lowest BCUT2D eigenvalue weighted by molar-refractivity contribution is 0.0105. The van der Waals surface area contributed by atoms with E-state index in [4.69, 9.17) is 15.8 Å². The van der Waals surface area contributed by atoms with Crippen molar-refractivity contribution in [1.29, 1.82) is 0 Å². The first-order valence-electron chi connectivity index (χ1n) is 12.2. The molecule has 1 aliphatic rings. The van der Waals surface area contributed by atoms with Crippen molar-refractivity contribution in [3.63, 3.8) is 0 Å². The normalized spacial score (nSPS) is 17.8. The molecular formula is C25H37ClO10S3. The minimum atomic E-state index is -3.77. The number of rotatable bonds is 9. The molecule has 0 spiro atoms. The number of hydrogen-bond acceptors (Lipinski definition) is 10. The number of aliphatic hydroxyl groups is 1. The Balaban J connectivity index is 0.000000318. The summed E-state index contributed by atoms with van der Waals surface area (Å²) in [5.41, 5.74) is 2.02. The van der Waals surface area contributed by atoms with Gasteiger partial charge in [0, 0.05) is 5.88 Å². The molecule has 3 rings (SSSR count). The highest BCUT2D eigenvalue weighted by atomic mass is 35.5. The van der Waals surface area contributed by atoms with Gasteiger partial charge in [0.15, 0.2) is 0 Å². The van der Waals surface area contributed by atoms with E-state index in [1.54, 1.807) is 43.3 Å². The molecule has 14 heteroatoms. The predicted molar refractivity (Wildman–Crippen MR) is 149 cm³/mol. The Kier molecular flexibility index (Phi) is 15.1. The summed E-state index contributed by atoms with van der Waals surface area (Å²) in [6.07, 6.45) is 2.71. The van der Waals surface area contributed by atoms with Gasteiger partial charge in [0.2, 0.25) is 0 Å². The first kappa shape index (κ1) is 35.4. The van der Waals surface area contributed by atoms with Crippen LogP contribution >= 0.6 is 11.6 Å². The van der Waals surface area contributed by atoms with Crippen LogP contribution in [0.2, 0.25) is 0 Å². The van der Waals surface area contributed by atoms with E-state index in [1.807, 2.05) is 13.8 Å². The van der Waals surface area contributed by atoms with Crippen LogP contribution < -0.4 is 0 Å². The number of aryl methyl sites for hydroxylation is 2. The average Bonchev–Trinajstić information content (AvgIpc) is 2.85. The van der Waals surface area contributed by atoms with Gasteiger partial charge in [-0.05, 0) is 57.9 Å². The first-order chi connectivity index (χ1) is 18.1. The topological polar surface area (TPSA) is 150 Å². The maximum absolute atomic E-state index is 12.0. The van der Waals surface area contributed by atoms with Crippen LogP contribution in [0, 0.1) is 13.8 Å². The maximum atomic E-state index is 12.0. The summed E-state index contributed by atoms with van der Waals surface area (Å²) in [6, 6.07) is 13.1. The lowest BCUT2D eigenvalue weighted by Crippen LogP contribution is -2.34. The zero-order chi connectivity index (χ0) is 29.7. The molecule has 2 aromatic carbocycles. The first-order valence-corrected chi connectivity index (χ1v) is 17.3. The quantitative estimate of drug-likeness (QED) is 0.319. The van der Waals surface area contributed by atoms with Crippen molar-refractivity contribution in [2.45, 2.75) is 68.5 Å². The highest BCUT2D eigenvalue weighted by Gasteiger charge is 2.29. The molecule has 0 radical (unpaired) electrons. The zero-order valence-corrected chi connectivity index (χ0v) is 25.7. The molecule has 222 valence electrons. The van der Waals surface area contributed by atoms with E-state index in [0.717, 1.165) is 30.2 Å². The van der Waals surface area contributed by atoms with E-state index in [9.17, 15) is 30.4 Å². The summed E-state index contributed by atoms with van der Waals surface area (Å²) in [5, 5.41) is 9.73. The van der Waals surface area contributed by atoms with Crippen molar-refractivity contribution in [2.24, 2.45) is 0 Å². The van der Waals surface area contributed by atoms with Crippen LogP contribution in [0.15, 0.2) is 58.3 Å². The molecule has 1 saturated carbocycles. The number of alkyl halides is 1.